The van der Waals surface area contributed by atoms with Gasteiger partial charge < -0.3 is 15.0 Å². The van der Waals surface area contributed by atoms with Crippen LogP contribution in [0.15, 0.2) is 18.3 Å². The molecule has 0 aliphatic carbocycles. The Balaban J connectivity index is 2.44. The Hall–Kier alpha value is -1.29. The molecule has 1 aromatic rings. The van der Waals surface area contributed by atoms with Gasteiger partial charge in [-0.3, -0.25) is 4.79 Å². The number of H-pyrrole nitrogens is 1. The van der Waals surface area contributed by atoms with Crippen LogP contribution >= 0.6 is 0 Å². The van der Waals surface area contributed by atoms with Crippen LogP contribution in [0.1, 0.15) is 26.0 Å². The molecule has 0 saturated heterocycles. The van der Waals surface area contributed by atoms with E-state index in [1.54, 1.807) is 0 Å². The van der Waals surface area contributed by atoms with Crippen molar-refractivity contribution >= 4 is 5.97 Å². The molecule has 1 heterocycles. The fourth-order valence-electron chi connectivity index (χ4n) is 2.01. The van der Waals surface area contributed by atoms with Crippen molar-refractivity contribution in [1.29, 1.82) is 0 Å². The number of aromatic amines is 1. The van der Waals surface area contributed by atoms with Crippen molar-refractivity contribution in [3.8, 4) is 0 Å². The van der Waals surface area contributed by atoms with Gasteiger partial charge in [0.1, 0.15) is 0 Å². The lowest BCUT2D eigenvalue weighted by atomic mass is 9.89. The molecule has 0 unspecified atom stereocenters. The topological polar surface area (TPSA) is 56.3 Å². The number of aromatic nitrogens is 1. The molecule has 0 aromatic carbocycles. The Kier molecular flexibility index (Phi) is 4.12. The van der Waals surface area contributed by atoms with Crippen molar-refractivity contribution in [1.82, 2.24) is 9.88 Å². The minimum atomic E-state index is -0.738. The van der Waals surface area contributed by atoms with Crippen LogP contribution in [0, 0.1) is 5.41 Å². The molecule has 0 spiro atoms. The summed E-state index contributed by atoms with van der Waals surface area (Å²) >= 11 is 0. The van der Waals surface area contributed by atoms with Crippen molar-refractivity contribution in [3.05, 3.63) is 24.0 Å². The van der Waals surface area contributed by atoms with E-state index in [2.05, 4.69) is 9.88 Å². The highest BCUT2D eigenvalue weighted by Crippen LogP contribution is 2.21. The van der Waals surface area contributed by atoms with Crippen molar-refractivity contribution < 1.29 is 9.90 Å². The summed E-state index contributed by atoms with van der Waals surface area (Å²) in [7, 11) is 2.00. The zero-order chi connectivity index (χ0) is 12.2. The standard InChI is InChI=1S/C12H20N2O2/c1-12(2,7-11(15)16)9-14(3)8-10-5-4-6-13-10/h4-6,13H,7-9H2,1-3H3,(H,15,16). The molecule has 0 saturated carbocycles. The smallest absolute Gasteiger partial charge is 0.303 e. The maximum absolute atomic E-state index is 10.7. The molecule has 2 N–H and O–H groups in total. The Morgan fingerprint density at radius 2 is 2.25 bits per heavy atom. The zero-order valence-electron chi connectivity index (χ0n) is 10.2. The van der Waals surface area contributed by atoms with E-state index in [0.717, 1.165) is 18.8 Å². The number of carbonyl (C=O) groups is 1. The number of hydrogen-bond acceptors (Lipinski definition) is 2. The molecule has 16 heavy (non-hydrogen) atoms. The lowest BCUT2D eigenvalue weighted by molar-refractivity contribution is -0.139. The minimum Gasteiger partial charge on any atom is -0.481 e. The van der Waals surface area contributed by atoms with E-state index >= 15 is 0 Å². The third kappa shape index (κ3) is 4.49. The van der Waals surface area contributed by atoms with E-state index in [0.29, 0.717) is 0 Å². The molecule has 1 rings (SSSR count). The third-order valence-electron chi connectivity index (χ3n) is 2.43. The summed E-state index contributed by atoms with van der Waals surface area (Å²) in [4.78, 5) is 16.0. The molecule has 0 radical (unpaired) electrons. The number of aliphatic carboxylic acids is 1. The van der Waals surface area contributed by atoms with Gasteiger partial charge in [-0.1, -0.05) is 13.8 Å². The number of rotatable bonds is 6. The number of carboxylic acids is 1. The quantitative estimate of drug-likeness (QED) is 0.776. The van der Waals surface area contributed by atoms with Crippen LogP contribution in [0.3, 0.4) is 0 Å². The lowest BCUT2D eigenvalue weighted by Crippen LogP contribution is -2.32. The summed E-state index contributed by atoms with van der Waals surface area (Å²) in [5, 5.41) is 8.79. The van der Waals surface area contributed by atoms with Crippen molar-refractivity contribution in [3.63, 3.8) is 0 Å². The average molecular weight is 224 g/mol. The van der Waals surface area contributed by atoms with Gasteiger partial charge in [0.2, 0.25) is 0 Å². The Bertz CT molecular complexity index is 331. The predicted molar refractivity (Wildman–Crippen MR) is 63.2 cm³/mol. The van der Waals surface area contributed by atoms with Crippen molar-refractivity contribution in [2.24, 2.45) is 5.41 Å². The first-order chi connectivity index (χ1) is 7.39. The highest BCUT2D eigenvalue weighted by atomic mass is 16.4. The van der Waals surface area contributed by atoms with E-state index in [1.165, 1.54) is 0 Å². The lowest BCUT2D eigenvalue weighted by Gasteiger charge is -2.28. The van der Waals surface area contributed by atoms with Gasteiger partial charge in [0.25, 0.3) is 0 Å². The SMILES string of the molecule is CN(Cc1ccc[nH]1)CC(C)(C)CC(=O)O. The molecule has 0 amide bonds. The molecule has 1 aromatic heterocycles. The van der Waals surface area contributed by atoms with Crippen LogP contribution in [-0.2, 0) is 11.3 Å². The van der Waals surface area contributed by atoms with Crippen LogP contribution in [0.25, 0.3) is 0 Å². The van der Waals surface area contributed by atoms with Gasteiger partial charge in [0.05, 0.1) is 6.42 Å². The van der Waals surface area contributed by atoms with E-state index < -0.39 is 5.97 Å². The number of carboxylic acid groups (broad SMARTS) is 1. The van der Waals surface area contributed by atoms with Crippen LogP contribution in [-0.4, -0.2) is 34.6 Å². The summed E-state index contributed by atoms with van der Waals surface area (Å²) in [5.41, 5.74) is 0.946. The normalized spacial score (nSPS) is 12.0. The largest absolute Gasteiger partial charge is 0.481 e. The summed E-state index contributed by atoms with van der Waals surface area (Å²) in [6.45, 7) is 5.53. The highest BCUT2D eigenvalue weighted by Gasteiger charge is 2.23. The van der Waals surface area contributed by atoms with Crippen LogP contribution in [0.2, 0.25) is 0 Å². The summed E-state index contributed by atoms with van der Waals surface area (Å²) in [6.07, 6.45) is 2.09. The number of nitrogens with one attached hydrogen (secondary N) is 1. The van der Waals surface area contributed by atoms with Crippen LogP contribution < -0.4 is 0 Å². The second-order valence-electron chi connectivity index (χ2n) is 5.10. The van der Waals surface area contributed by atoms with Gasteiger partial charge >= 0.3 is 5.97 Å². The Labute approximate surface area is 96.3 Å². The van der Waals surface area contributed by atoms with E-state index in [4.69, 9.17) is 5.11 Å². The first kappa shape index (κ1) is 12.8. The summed E-state index contributed by atoms with van der Waals surface area (Å²) in [6, 6.07) is 3.99. The monoisotopic (exact) mass is 224 g/mol. The first-order valence-electron chi connectivity index (χ1n) is 5.42. The van der Waals surface area contributed by atoms with Crippen LogP contribution in [0.4, 0.5) is 0 Å². The van der Waals surface area contributed by atoms with Crippen LogP contribution in [0.5, 0.6) is 0 Å². The molecule has 0 aliphatic rings. The summed E-state index contributed by atoms with van der Waals surface area (Å²) < 4.78 is 0. The van der Waals surface area contributed by atoms with Gasteiger partial charge in [0.15, 0.2) is 0 Å². The number of nitrogens with zero attached hydrogens (tertiary/aromatic N) is 1. The third-order valence-corrected chi connectivity index (χ3v) is 2.43. The van der Waals surface area contributed by atoms with Gasteiger partial charge in [-0.15, -0.1) is 0 Å². The molecular formula is C12H20N2O2. The number of hydrogen-bond donors (Lipinski definition) is 2. The van der Waals surface area contributed by atoms with E-state index in [-0.39, 0.29) is 11.8 Å². The van der Waals surface area contributed by atoms with Gasteiger partial charge in [-0.2, -0.15) is 0 Å². The Morgan fingerprint density at radius 3 is 2.75 bits per heavy atom. The fourth-order valence-corrected chi connectivity index (χ4v) is 2.01. The molecule has 0 atom stereocenters. The maximum atomic E-state index is 10.7. The second-order valence-corrected chi connectivity index (χ2v) is 5.10. The average Bonchev–Trinajstić information content (AvgIpc) is 2.51. The molecule has 90 valence electrons. The molecular weight excluding hydrogens is 204 g/mol. The van der Waals surface area contributed by atoms with Crippen molar-refractivity contribution in [2.75, 3.05) is 13.6 Å². The minimum absolute atomic E-state index is 0.196. The van der Waals surface area contributed by atoms with E-state index in [9.17, 15) is 4.79 Å². The Morgan fingerprint density at radius 1 is 1.56 bits per heavy atom. The predicted octanol–water partition coefficient (Wildman–Crippen LogP) is 1.95. The molecule has 4 nitrogen and oxygen atoms in total. The summed E-state index contributed by atoms with van der Waals surface area (Å²) in [5.74, 6) is -0.738. The molecule has 0 bridgehead atoms. The van der Waals surface area contributed by atoms with Crippen molar-refractivity contribution in [2.45, 2.75) is 26.8 Å². The maximum Gasteiger partial charge on any atom is 0.303 e. The fraction of sp³-hybridized carbons (Fsp3) is 0.583. The van der Waals surface area contributed by atoms with Gasteiger partial charge in [-0.25, -0.2) is 0 Å². The molecule has 0 aliphatic heterocycles. The van der Waals surface area contributed by atoms with Gasteiger partial charge in [0, 0.05) is 25.0 Å². The first-order valence-corrected chi connectivity index (χ1v) is 5.42. The zero-order valence-corrected chi connectivity index (χ0v) is 10.2. The van der Waals surface area contributed by atoms with Gasteiger partial charge in [-0.05, 0) is 24.6 Å². The highest BCUT2D eigenvalue weighted by molar-refractivity contribution is 5.67. The molecule has 4 heteroatoms. The van der Waals surface area contributed by atoms with E-state index in [1.807, 2.05) is 39.2 Å². The molecule has 0 fully saturated rings. The second kappa shape index (κ2) is 5.16.